The first kappa shape index (κ1) is 16.7. The minimum Gasteiger partial charge on any atom is -0.352 e. The molecule has 120 valence electrons. The van der Waals surface area contributed by atoms with E-state index in [1.165, 1.54) is 0 Å². The number of hydrogen-bond acceptors (Lipinski definition) is 5. The van der Waals surface area contributed by atoms with Crippen molar-refractivity contribution in [1.29, 1.82) is 0 Å². The lowest BCUT2D eigenvalue weighted by molar-refractivity contribution is 0.0950. The lowest BCUT2D eigenvalue weighted by Crippen LogP contribution is -2.31. The van der Waals surface area contributed by atoms with E-state index in [1.54, 1.807) is 0 Å². The highest BCUT2D eigenvalue weighted by Gasteiger charge is 2.28. The Hall–Kier alpha value is -1.66. The van der Waals surface area contributed by atoms with Crippen LogP contribution >= 0.6 is 12.4 Å². The Morgan fingerprint density at radius 2 is 2.27 bits per heavy atom. The minimum absolute atomic E-state index is 0. The number of halogens is 1. The molecule has 0 spiro atoms. The molecule has 0 saturated heterocycles. The molecule has 1 saturated carbocycles. The average molecular weight is 325 g/mol. The maximum atomic E-state index is 12.5. The molecule has 1 unspecified atom stereocenters. The highest BCUT2D eigenvalue weighted by molar-refractivity contribution is 6.06. The third-order valence-electron chi connectivity index (χ3n) is 3.89. The maximum Gasteiger partial charge on any atom is 0.259 e. The van der Waals surface area contributed by atoms with Crippen LogP contribution in [0.4, 0.5) is 0 Å². The summed E-state index contributed by atoms with van der Waals surface area (Å²) in [6, 6.07) is 1.88. The van der Waals surface area contributed by atoms with E-state index in [1.807, 2.05) is 19.9 Å². The lowest BCUT2D eigenvalue weighted by atomic mass is 10.1. The fraction of sp³-hybridized carbons (Fsp3) is 0.533. The molecule has 0 aromatic carbocycles. The van der Waals surface area contributed by atoms with Gasteiger partial charge < -0.3 is 15.6 Å². The van der Waals surface area contributed by atoms with Crippen LogP contribution in [0.1, 0.15) is 47.4 Å². The number of carbonyl (C=O) groups is 1. The molecule has 1 fully saturated rings. The second-order valence-corrected chi connectivity index (χ2v) is 5.87. The largest absolute Gasteiger partial charge is 0.352 e. The van der Waals surface area contributed by atoms with Crippen LogP contribution < -0.4 is 11.1 Å². The van der Waals surface area contributed by atoms with Gasteiger partial charge in [0.2, 0.25) is 0 Å². The zero-order valence-corrected chi connectivity index (χ0v) is 13.6. The van der Waals surface area contributed by atoms with Crippen molar-refractivity contribution < 1.29 is 9.32 Å². The number of nitrogens with two attached hydrogens (primary N) is 1. The Balaban J connectivity index is 0.00000176. The predicted octanol–water partition coefficient (Wildman–Crippen LogP) is 2.16. The summed E-state index contributed by atoms with van der Waals surface area (Å²) in [5, 5.41) is 7.57. The number of rotatable bonds is 5. The molecule has 2 heterocycles. The summed E-state index contributed by atoms with van der Waals surface area (Å²) in [7, 11) is 0. The third-order valence-corrected chi connectivity index (χ3v) is 3.89. The van der Waals surface area contributed by atoms with Crippen LogP contribution in [0.15, 0.2) is 10.6 Å². The van der Waals surface area contributed by atoms with E-state index in [4.69, 9.17) is 10.3 Å². The highest BCUT2D eigenvalue weighted by Crippen LogP contribution is 2.40. The summed E-state index contributed by atoms with van der Waals surface area (Å²) in [5.74, 6) is 0.586. The normalized spacial score (nSPS) is 15.4. The van der Waals surface area contributed by atoms with Gasteiger partial charge in [-0.15, -0.1) is 12.4 Å². The lowest BCUT2D eigenvalue weighted by Gasteiger charge is -2.11. The van der Waals surface area contributed by atoms with Crippen LogP contribution in [-0.4, -0.2) is 29.1 Å². The Kier molecular flexibility index (Phi) is 5.03. The van der Waals surface area contributed by atoms with Gasteiger partial charge in [0.25, 0.3) is 11.6 Å². The Labute approximate surface area is 135 Å². The second-order valence-electron chi connectivity index (χ2n) is 5.87. The van der Waals surface area contributed by atoms with E-state index in [2.05, 4.69) is 15.5 Å². The molecule has 2 aromatic heterocycles. The van der Waals surface area contributed by atoms with E-state index in [9.17, 15) is 4.79 Å². The molecule has 3 rings (SSSR count). The molecular weight excluding hydrogens is 304 g/mol. The van der Waals surface area contributed by atoms with Crippen molar-refractivity contribution in [3.63, 3.8) is 0 Å². The maximum absolute atomic E-state index is 12.5. The summed E-state index contributed by atoms with van der Waals surface area (Å²) < 4.78 is 5.24. The van der Waals surface area contributed by atoms with Crippen molar-refractivity contribution in [3.8, 4) is 0 Å². The number of nitrogens with one attached hydrogen (secondary N) is 1. The van der Waals surface area contributed by atoms with Crippen LogP contribution in [0.2, 0.25) is 0 Å². The number of aromatic nitrogens is 2. The van der Waals surface area contributed by atoms with Crippen LogP contribution in [0.5, 0.6) is 0 Å². The van der Waals surface area contributed by atoms with E-state index >= 15 is 0 Å². The number of fused-ring (bicyclic) bond motifs is 1. The van der Waals surface area contributed by atoms with Gasteiger partial charge >= 0.3 is 0 Å². The summed E-state index contributed by atoms with van der Waals surface area (Å²) in [5.41, 5.74) is 8.25. The van der Waals surface area contributed by atoms with Crippen LogP contribution in [0.3, 0.4) is 0 Å². The van der Waals surface area contributed by atoms with Crippen LogP contribution in [-0.2, 0) is 0 Å². The minimum atomic E-state index is -0.115. The van der Waals surface area contributed by atoms with Gasteiger partial charge in [0.15, 0.2) is 0 Å². The molecular formula is C15H21ClN4O2. The van der Waals surface area contributed by atoms with Gasteiger partial charge in [-0.05, 0) is 38.3 Å². The molecule has 2 aromatic rings. The molecule has 6 nitrogen and oxygen atoms in total. The van der Waals surface area contributed by atoms with E-state index in [0.717, 1.165) is 18.5 Å². The van der Waals surface area contributed by atoms with E-state index in [-0.39, 0.29) is 24.2 Å². The fourth-order valence-corrected chi connectivity index (χ4v) is 2.33. The summed E-state index contributed by atoms with van der Waals surface area (Å²) >= 11 is 0. The second kappa shape index (κ2) is 6.62. The fourth-order valence-electron chi connectivity index (χ4n) is 2.33. The molecule has 3 N–H and O–H groups in total. The first-order valence-corrected chi connectivity index (χ1v) is 7.35. The molecule has 1 atom stereocenters. The van der Waals surface area contributed by atoms with Gasteiger partial charge in [0, 0.05) is 18.2 Å². The van der Waals surface area contributed by atoms with Crippen molar-refractivity contribution in [2.75, 3.05) is 13.1 Å². The molecule has 0 radical (unpaired) electrons. The molecule has 22 heavy (non-hydrogen) atoms. The number of hydrogen-bond donors (Lipinski definition) is 2. The summed E-state index contributed by atoms with van der Waals surface area (Å²) in [6.45, 7) is 4.93. The molecule has 1 aliphatic rings. The Morgan fingerprint density at radius 1 is 1.55 bits per heavy atom. The van der Waals surface area contributed by atoms with E-state index in [0.29, 0.717) is 41.4 Å². The van der Waals surface area contributed by atoms with E-state index < -0.39 is 0 Å². The molecule has 0 bridgehead atoms. The highest BCUT2D eigenvalue weighted by atomic mass is 35.5. The van der Waals surface area contributed by atoms with Gasteiger partial charge in [-0.3, -0.25) is 4.79 Å². The van der Waals surface area contributed by atoms with Crippen LogP contribution in [0, 0.1) is 12.8 Å². The molecule has 1 aliphatic carbocycles. The van der Waals surface area contributed by atoms with Gasteiger partial charge in [-0.2, -0.15) is 0 Å². The summed E-state index contributed by atoms with van der Waals surface area (Å²) in [6.07, 6.45) is 2.24. The molecule has 0 aliphatic heterocycles. The summed E-state index contributed by atoms with van der Waals surface area (Å²) in [4.78, 5) is 17.0. The Morgan fingerprint density at radius 3 is 2.91 bits per heavy atom. The van der Waals surface area contributed by atoms with Gasteiger partial charge in [0.1, 0.15) is 0 Å². The topological polar surface area (TPSA) is 94.0 Å². The Bertz CT molecular complexity index is 681. The number of nitrogens with zero attached hydrogens (tertiary/aromatic N) is 2. The zero-order valence-electron chi connectivity index (χ0n) is 12.8. The standard InChI is InChI=1S/C15H20N4O2.ClH/c1-8(6-16)7-17-14(20)11-5-12(10-3-4-10)18-15-13(11)9(2)19-21-15;/h5,8,10H,3-4,6-7,16H2,1-2H3,(H,17,20);1H. The van der Waals surface area contributed by atoms with Crippen molar-refractivity contribution in [1.82, 2.24) is 15.5 Å². The third kappa shape index (κ3) is 3.23. The van der Waals surface area contributed by atoms with Gasteiger partial charge in [-0.1, -0.05) is 12.1 Å². The van der Waals surface area contributed by atoms with Gasteiger partial charge in [0.05, 0.1) is 16.6 Å². The average Bonchev–Trinajstić information content (AvgIpc) is 3.28. The first-order chi connectivity index (χ1) is 10.1. The first-order valence-electron chi connectivity index (χ1n) is 7.35. The zero-order chi connectivity index (χ0) is 15.0. The number of pyridine rings is 1. The smallest absolute Gasteiger partial charge is 0.259 e. The number of aryl methyl sites for hydroxylation is 1. The monoisotopic (exact) mass is 324 g/mol. The quantitative estimate of drug-likeness (QED) is 0.879. The SMILES string of the molecule is Cc1noc2nc(C3CC3)cc(C(=O)NCC(C)CN)c12.Cl. The molecule has 7 heteroatoms. The molecule has 1 amide bonds. The van der Waals surface area contributed by atoms with Crippen LogP contribution in [0.25, 0.3) is 11.1 Å². The van der Waals surface area contributed by atoms with Crippen molar-refractivity contribution in [3.05, 3.63) is 23.0 Å². The number of amides is 1. The predicted molar refractivity (Wildman–Crippen MR) is 86.3 cm³/mol. The van der Waals surface area contributed by atoms with Gasteiger partial charge in [-0.25, -0.2) is 4.98 Å². The van der Waals surface area contributed by atoms with Crippen molar-refractivity contribution in [2.24, 2.45) is 11.7 Å². The van der Waals surface area contributed by atoms with Crippen molar-refractivity contribution >= 4 is 29.4 Å². The van der Waals surface area contributed by atoms with Crippen molar-refractivity contribution in [2.45, 2.75) is 32.6 Å². The number of carbonyl (C=O) groups excluding carboxylic acids is 1.